The van der Waals surface area contributed by atoms with Gasteiger partial charge in [-0.05, 0) is 60.7 Å². The van der Waals surface area contributed by atoms with E-state index in [-0.39, 0.29) is 5.41 Å². The molecule has 0 radical (unpaired) electrons. The van der Waals surface area contributed by atoms with Gasteiger partial charge in [0.15, 0.2) is 5.78 Å². The number of carbonyl (C=O) groups is 1. The number of ether oxygens (including phenoxy) is 1. The van der Waals surface area contributed by atoms with Crippen LogP contribution in [-0.4, -0.2) is 12.9 Å². The Bertz CT molecular complexity index is 877. The van der Waals surface area contributed by atoms with E-state index in [1.54, 1.807) is 12.7 Å². The minimum atomic E-state index is 0.213. The summed E-state index contributed by atoms with van der Waals surface area (Å²) >= 11 is 0. The summed E-state index contributed by atoms with van der Waals surface area (Å²) in [5.41, 5.74) is 4.08. The number of methoxy groups -OCH3 is 1. The molecule has 0 amide bonds. The Labute approximate surface area is 136 Å². The Kier molecular flexibility index (Phi) is 2.60. The molecule has 0 aromatic heterocycles. The van der Waals surface area contributed by atoms with Crippen molar-refractivity contribution < 1.29 is 9.53 Å². The lowest BCUT2D eigenvalue weighted by molar-refractivity contribution is 0.0940. The van der Waals surface area contributed by atoms with Crippen molar-refractivity contribution in [3.8, 4) is 5.75 Å². The minimum absolute atomic E-state index is 0.213. The van der Waals surface area contributed by atoms with Crippen molar-refractivity contribution in [3.05, 3.63) is 53.1 Å². The van der Waals surface area contributed by atoms with Crippen LogP contribution in [0.3, 0.4) is 0 Å². The van der Waals surface area contributed by atoms with Gasteiger partial charge in [-0.2, -0.15) is 0 Å². The van der Waals surface area contributed by atoms with Crippen molar-refractivity contribution >= 4 is 16.6 Å². The molecule has 2 atom stereocenters. The van der Waals surface area contributed by atoms with Crippen LogP contribution in [-0.2, 0) is 5.41 Å². The summed E-state index contributed by atoms with van der Waals surface area (Å²) in [6, 6.07) is 10.5. The molecule has 0 N–H and O–H groups in total. The first-order valence-corrected chi connectivity index (χ1v) is 8.54. The van der Waals surface area contributed by atoms with E-state index in [2.05, 4.69) is 24.3 Å². The number of fused-ring (bicyclic) bond motifs is 6. The third-order valence-corrected chi connectivity index (χ3v) is 6.36. The van der Waals surface area contributed by atoms with Gasteiger partial charge in [0.25, 0.3) is 0 Å². The van der Waals surface area contributed by atoms with Gasteiger partial charge in [0.05, 0.1) is 7.11 Å². The second-order valence-corrected chi connectivity index (χ2v) is 7.33. The van der Waals surface area contributed by atoms with Crippen LogP contribution in [0.1, 0.15) is 48.0 Å². The molecule has 3 aliphatic rings. The van der Waals surface area contributed by atoms with E-state index in [0.717, 1.165) is 29.5 Å². The van der Waals surface area contributed by atoms with Gasteiger partial charge in [-0.3, -0.25) is 4.79 Å². The lowest BCUT2D eigenvalue weighted by Crippen LogP contribution is -2.37. The third-order valence-electron chi connectivity index (χ3n) is 6.36. The third kappa shape index (κ3) is 1.67. The highest BCUT2D eigenvalue weighted by Gasteiger charge is 2.51. The number of carbonyl (C=O) groups excluding carboxylic acids is 1. The molecule has 3 aliphatic carbocycles. The predicted octanol–water partition coefficient (Wildman–Crippen LogP) is 4.80. The smallest absolute Gasteiger partial charge is 0.163 e. The first kappa shape index (κ1) is 13.4. The van der Waals surface area contributed by atoms with Gasteiger partial charge in [0, 0.05) is 22.8 Å². The molecule has 0 heterocycles. The van der Waals surface area contributed by atoms with E-state index in [9.17, 15) is 4.79 Å². The van der Waals surface area contributed by atoms with Crippen molar-refractivity contribution in [2.45, 2.75) is 37.5 Å². The summed E-state index contributed by atoms with van der Waals surface area (Å²) in [4.78, 5) is 12.6. The van der Waals surface area contributed by atoms with Crippen LogP contribution >= 0.6 is 0 Å². The van der Waals surface area contributed by atoms with Gasteiger partial charge in [-0.15, -0.1) is 0 Å². The van der Waals surface area contributed by atoms with Crippen molar-refractivity contribution in [3.63, 3.8) is 0 Å². The molecule has 23 heavy (non-hydrogen) atoms. The van der Waals surface area contributed by atoms with Crippen LogP contribution < -0.4 is 4.74 Å². The molecule has 2 bridgehead atoms. The van der Waals surface area contributed by atoms with Crippen LogP contribution in [0.4, 0.5) is 0 Å². The largest absolute Gasteiger partial charge is 0.496 e. The lowest BCUT2D eigenvalue weighted by Gasteiger charge is -2.41. The summed E-state index contributed by atoms with van der Waals surface area (Å²) < 4.78 is 5.50. The molecule has 1 fully saturated rings. The lowest BCUT2D eigenvalue weighted by atomic mass is 9.62. The van der Waals surface area contributed by atoms with Crippen LogP contribution in [0, 0.1) is 5.92 Å². The van der Waals surface area contributed by atoms with Gasteiger partial charge in [-0.25, -0.2) is 0 Å². The zero-order valence-electron chi connectivity index (χ0n) is 13.4. The average Bonchev–Trinajstić information content (AvgIpc) is 3.18. The quantitative estimate of drug-likeness (QED) is 0.707. The number of allylic oxidation sites excluding steroid dienone is 2. The molecule has 5 rings (SSSR count). The second kappa shape index (κ2) is 4.47. The number of rotatable bonds is 1. The molecule has 0 saturated heterocycles. The van der Waals surface area contributed by atoms with Crippen molar-refractivity contribution in [2.75, 3.05) is 7.11 Å². The standard InChI is InChI=1S/C21H20O2/c1-23-20-4-2-3-14-10-18-17(11-16(14)20)19(22)7-8-21(18)12-13-5-6-15(21)9-13/h2-5,10-11,15H,6-9,12H2,1H3. The zero-order chi connectivity index (χ0) is 15.6. The first-order valence-electron chi connectivity index (χ1n) is 8.54. The normalized spacial score (nSPS) is 28.3. The van der Waals surface area contributed by atoms with Crippen LogP contribution in [0.5, 0.6) is 5.75 Å². The number of ketones is 1. The van der Waals surface area contributed by atoms with Gasteiger partial charge < -0.3 is 4.74 Å². The highest BCUT2D eigenvalue weighted by molar-refractivity contribution is 6.04. The summed E-state index contributed by atoms with van der Waals surface area (Å²) in [5, 5.41) is 2.25. The summed E-state index contributed by atoms with van der Waals surface area (Å²) in [6.07, 6.45) is 7.74. The fourth-order valence-corrected chi connectivity index (χ4v) is 5.24. The van der Waals surface area contributed by atoms with E-state index in [1.807, 2.05) is 12.1 Å². The Hall–Kier alpha value is -2.09. The predicted molar refractivity (Wildman–Crippen MR) is 91.2 cm³/mol. The maximum absolute atomic E-state index is 12.6. The van der Waals surface area contributed by atoms with Crippen molar-refractivity contribution in [1.29, 1.82) is 0 Å². The minimum Gasteiger partial charge on any atom is -0.496 e. The molecule has 116 valence electrons. The van der Waals surface area contributed by atoms with Gasteiger partial charge in [0.2, 0.25) is 0 Å². The molecule has 2 unspecified atom stereocenters. The number of benzene rings is 2. The number of Topliss-reactive ketones (excluding diaryl/α,β-unsaturated/α-hetero) is 1. The van der Waals surface area contributed by atoms with E-state index in [0.29, 0.717) is 18.1 Å². The molecule has 0 aliphatic heterocycles. The molecule has 2 heteroatoms. The molecular weight excluding hydrogens is 284 g/mol. The van der Waals surface area contributed by atoms with Crippen molar-refractivity contribution in [1.82, 2.24) is 0 Å². The molecule has 2 nitrogen and oxygen atoms in total. The Morgan fingerprint density at radius 1 is 1.26 bits per heavy atom. The van der Waals surface area contributed by atoms with E-state index in [1.165, 1.54) is 23.8 Å². The Morgan fingerprint density at radius 2 is 2.17 bits per heavy atom. The van der Waals surface area contributed by atoms with Crippen molar-refractivity contribution in [2.24, 2.45) is 5.92 Å². The van der Waals surface area contributed by atoms with E-state index in [4.69, 9.17) is 4.74 Å². The highest BCUT2D eigenvalue weighted by Crippen LogP contribution is 2.59. The maximum Gasteiger partial charge on any atom is 0.163 e. The number of hydrogen-bond acceptors (Lipinski definition) is 2. The summed E-state index contributed by atoms with van der Waals surface area (Å²) in [5.74, 6) is 1.86. The molecule has 1 spiro atoms. The second-order valence-electron chi connectivity index (χ2n) is 7.33. The zero-order valence-corrected chi connectivity index (χ0v) is 13.4. The Morgan fingerprint density at radius 3 is 2.91 bits per heavy atom. The fourth-order valence-electron chi connectivity index (χ4n) is 5.24. The van der Waals surface area contributed by atoms with E-state index >= 15 is 0 Å². The van der Waals surface area contributed by atoms with Crippen LogP contribution in [0.15, 0.2) is 42.0 Å². The molecule has 2 aromatic rings. The summed E-state index contributed by atoms with van der Waals surface area (Å²) in [6.45, 7) is 0. The SMILES string of the molecule is COc1cccc2cc3c(cc12)C(=O)CCC31CC2=CCC1C2. The molecule has 1 saturated carbocycles. The monoisotopic (exact) mass is 304 g/mol. The topological polar surface area (TPSA) is 26.3 Å². The Balaban J connectivity index is 1.79. The van der Waals surface area contributed by atoms with Gasteiger partial charge >= 0.3 is 0 Å². The molecule has 2 aromatic carbocycles. The van der Waals surface area contributed by atoms with Gasteiger partial charge in [-0.1, -0.05) is 23.8 Å². The fraction of sp³-hybridized carbons (Fsp3) is 0.381. The summed E-state index contributed by atoms with van der Waals surface area (Å²) in [7, 11) is 1.69. The van der Waals surface area contributed by atoms with Crippen LogP contribution in [0.25, 0.3) is 10.8 Å². The number of hydrogen-bond donors (Lipinski definition) is 0. The highest BCUT2D eigenvalue weighted by atomic mass is 16.5. The molecular formula is C21H20O2. The van der Waals surface area contributed by atoms with Gasteiger partial charge in [0.1, 0.15) is 5.75 Å². The van der Waals surface area contributed by atoms with E-state index < -0.39 is 0 Å². The first-order chi connectivity index (χ1) is 11.2. The average molecular weight is 304 g/mol. The maximum atomic E-state index is 12.6. The van der Waals surface area contributed by atoms with Crippen LogP contribution in [0.2, 0.25) is 0 Å².